The molecule has 0 saturated heterocycles. The zero-order chi connectivity index (χ0) is 16.2. The van der Waals surface area contributed by atoms with E-state index in [1.54, 1.807) is 6.07 Å². The molecule has 0 atom stereocenters. The van der Waals surface area contributed by atoms with Crippen molar-refractivity contribution < 1.29 is 4.79 Å². The Balaban J connectivity index is 1.76. The fourth-order valence-electron chi connectivity index (χ4n) is 2.63. The van der Waals surface area contributed by atoms with Crippen LogP contribution in [0, 0.1) is 0 Å². The van der Waals surface area contributed by atoms with Gasteiger partial charge in [0.05, 0.1) is 5.56 Å². The SMILES string of the molecule is O=C(CCCc1ccccc1)c1c[nH]c2ccc(Br)cc2c1=O. The van der Waals surface area contributed by atoms with Crippen molar-refractivity contribution in [3.8, 4) is 0 Å². The van der Waals surface area contributed by atoms with E-state index in [-0.39, 0.29) is 16.8 Å². The summed E-state index contributed by atoms with van der Waals surface area (Å²) >= 11 is 3.36. The number of aromatic amines is 1. The molecule has 23 heavy (non-hydrogen) atoms. The van der Waals surface area contributed by atoms with Gasteiger partial charge in [-0.25, -0.2) is 0 Å². The minimum Gasteiger partial charge on any atom is -0.360 e. The van der Waals surface area contributed by atoms with Crippen LogP contribution in [-0.4, -0.2) is 10.8 Å². The lowest BCUT2D eigenvalue weighted by atomic mass is 10.0. The van der Waals surface area contributed by atoms with Gasteiger partial charge in [0.25, 0.3) is 0 Å². The Morgan fingerprint density at radius 3 is 2.65 bits per heavy atom. The van der Waals surface area contributed by atoms with E-state index in [1.165, 1.54) is 11.8 Å². The zero-order valence-corrected chi connectivity index (χ0v) is 14.1. The highest BCUT2D eigenvalue weighted by molar-refractivity contribution is 9.10. The summed E-state index contributed by atoms with van der Waals surface area (Å²) in [6, 6.07) is 15.5. The van der Waals surface area contributed by atoms with Crippen molar-refractivity contribution in [3.05, 3.63) is 80.6 Å². The minimum absolute atomic E-state index is 0.107. The Labute approximate surface area is 142 Å². The number of carbonyl (C=O) groups excluding carboxylic acids is 1. The fourth-order valence-corrected chi connectivity index (χ4v) is 2.99. The quantitative estimate of drug-likeness (QED) is 0.673. The van der Waals surface area contributed by atoms with Crippen molar-refractivity contribution >= 4 is 32.6 Å². The van der Waals surface area contributed by atoms with Gasteiger partial charge < -0.3 is 4.98 Å². The maximum atomic E-state index is 12.5. The number of rotatable bonds is 5. The Hall–Kier alpha value is -2.20. The van der Waals surface area contributed by atoms with Crippen LogP contribution in [0.4, 0.5) is 0 Å². The number of hydrogen-bond donors (Lipinski definition) is 1. The highest BCUT2D eigenvalue weighted by Gasteiger charge is 2.13. The minimum atomic E-state index is -0.204. The van der Waals surface area contributed by atoms with Gasteiger partial charge in [-0.1, -0.05) is 46.3 Å². The van der Waals surface area contributed by atoms with Gasteiger partial charge >= 0.3 is 0 Å². The molecule has 3 aromatic rings. The van der Waals surface area contributed by atoms with Crippen molar-refractivity contribution in [2.24, 2.45) is 0 Å². The topological polar surface area (TPSA) is 49.9 Å². The number of nitrogens with one attached hydrogen (secondary N) is 1. The molecule has 2 aromatic carbocycles. The first-order chi connectivity index (χ1) is 11.1. The number of benzene rings is 2. The number of hydrogen-bond acceptors (Lipinski definition) is 2. The number of H-pyrrole nitrogens is 1. The van der Waals surface area contributed by atoms with Gasteiger partial charge in [-0.05, 0) is 36.6 Å². The predicted molar refractivity (Wildman–Crippen MR) is 96.0 cm³/mol. The van der Waals surface area contributed by atoms with E-state index in [0.29, 0.717) is 11.8 Å². The van der Waals surface area contributed by atoms with Crippen molar-refractivity contribution in [2.45, 2.75) is 19.3 Å². The summed E-state index contributed by atoms with van der Waals surface area (Å²) in [6.07, 6.45) is 3.48. The standard InChI is InChI=1S/C19H16BrNO2/c20-14-9-10-17-15(11-14)19(23)16(12-21-17)18(22)8-4-7-13-5-2-1-3-6-13/h1-3,5-6,9-12H,4,7-8H2,(H,21,23). The van der Waals surface area contributed by atoms with Gasteiger partial charge in [0.1, 0.15) is 0 Å². The van der Waals surface area contributed by atoms with E-state index in [4.69, 9.17) is 0 Å². The molecule has 0 aliphatic heterocycles. The highest BCUT2D eigenvalue weighted by atomic mass is 79.9. The van der Waals surface area contributed by atoms with Crippen LogP contribution in [0.3, 0.4) is 0 Å². The molecule has 0 spiro atoms. The van der Waals surface area contributed by atoms with Crippen molar-refractivity contribution in [1.82, 2.24) is 4.98 Å². The number of carbonyl (C=O) groups is 1. The number of halogens is 1. The lowest BCUT2D eigenvalue weighted by Gasteiger charge is -2.04. The lowest BCUT2D eigenvalue weighted by molar-refractivity contribution is 0.0979. The van der Waals surface area contributed by atoms with Crippen molar-refractivity contribution in [2.75, 3.05) is 0 Å². The molecule has 1 heterocycles. The summed E-state index contributed by atoms with van der Waals surface area (Å²) < 4.78 is 0.823. The van der Waals surface area contributed by atoms with E-state index in [2.05, 4.69) is 20.9 Å². The second-order valence-electron chi connectivity index (χ2n) is 5.48. The first kappa shape index (κ1) is 15.7. The first-order valence-corrected chi connectivity index (χ1v) is 8.32. The molecule has 4 heteroatoms. The highest BCUT2D eigenvalue weighted by Crippen LogP contribution is 2.16. The number of pyridine rings is 1. The van der Waals surface area contributed by atoms with E-state index in [9.17, 15) is 9.59 Å². The number of ketones is 1. The Bertz CT molecular complexity index is 900. The number of aromatic nitrogens is 1. The second-order valence-corrected chi connectivity index (χ2v) is 6.40. The van der Waals surface area contributed by atoms with Crippen LogP contribution < -0.4 is 5.43 Å². The number of aryl methyl sites for hydroxylation is 1. The third kappa shape index (κ3) is 3.59. The van der Waals surface area contributed by atoms with Gasteiger partial charge in [-0.15, -0.1) is 0 Å². The Kier molecular flexibility index (Phi) is 4.72. The summed E-state index contributed by atoms with van der Waals surface area (Å²) in [5.41, 5.74) is 1.98. The maximum Gasteiger partial charge on any atom is 0.200 e. The van der Waals surface area contributed by atoms with E-state index in [1.807, 2.05) is 42.5 Å². The molecule has 0 fully saturated rings. The molecule has 116 valence electrons. The third-order valence-corrected chi connectivity index (χ3v) is 4.35. The number of fused-ring (bicyclic) bond motifs is 1. The first-order valence-electron chi connectivity index (χ1n) is 7.53. The summed E-state index contributed by atoms with van der Waals surface area (Å²) in [4.78, 5) is 27.9. The average molecular weight is 370 g/mol. The normalized spacial score (nSPS) is 10.8. The molecule has 0 unspecified atom stereocenters. The van der Waals surface area contributed by atoms with Crippen LogP contribution in [0.25, 0.3) is 10.9 Å². The van der Waals surface area contributed by atoms with E-state index >= 15 is 0 Å². The maximum absolute atomic E-state index is 12.5. The van der Waals surface area contributed by atoms with Gasteiger partial charge in [-0.3, -0.25) is 9.59 Å². The molecule has 1 aromatic heterocycles. The second kappa shape index (κ2) is 6.92. The summed E-state index contributed by atoms with van der Waals surface area (Å²) in [5.74, 6) is -0.107. The molecule has 0 radical (unpaired) electrons. The van der Waals surface area contributed by atoms with Crippen LogP contribution in [0.5, 0.6) is 0 Å². The molecule has 0 aliphatic rings. The van der Waals surface area contributed by atoms with Crippen LogP contribution in [0.1, 0.15) is 28.8 Å². The molecule has 0 saturated carbocycles. The molecule has 0 bridgehead atoms. The summed E-state index contributed by atoms with van der Waals surface area (Å²) in [6.45, 7) is 0. The summed E-state index contributed by atoms with van der Waals surface area (Å²) in [5, 5.41) is 0.535. The van der Waals surface area contributed by atoms with Gasteiger partial charge in [0.15, 0.2) is 11.2 Å². The van der Waals surface area contributed by atoms with Crippen LogP contribution in [-0.2, 0) is 6.42 Å². The van der Waals surface area contributed by atoms with Gasteiger partial charge in [0, 0.05) is 28.0 Å². The van der Waals surface area contributed by atoms with Crippen LogP contribution >= 0.6 is 15.9 Å². The lowest BCUT2D eigenvalue weighted by Crippen LogP contribution is -2.16. The average Bonchev–Trinajstić information content (AvgIpc) is 2.56. The van der Waals surface area contributed by atoms with Gasteiger partial charge in [0.2, 0.25) is 0 Å². The molecule has 1 N–H and O–H groups in total. The molecule has 0 aliphatic carbocycles. The predicted octanol–water partition coefficient (Wildman–Crippen LogP) is 4.50. The molecular weight excluding hydrogens is 354 g/mol. The molecular formula is C19H16BrNO2. The zero-order valence-electron chi connectivity index (χ0n) is 12.5. The van der Waals surface area contributed by atoms with E-state index < -0.39 is 0 Å². The molecule has 3 rings (SSSR count). The van der Waals surface area contributed by atoms with Gasteiger partial charge in [-0.2, -0.15) is 0 Å². The molecule has 0 amide bonds. The van der Waals surface area contributed by atoms with Crippen molar-refractivity contribution in [1.29, 1.82) is 0 Å². The Morgan fingerprint density at radius 2 is 1.87 bits per heavy atom. The third-order valence-electron chi connectivity index (χ3n) is 3.86. The smallest absolute Gasteiger partial charge is 0.200 e. The number of Topliss-reactive ketones (excluding diaryl/α,β-unsaturated/α-hetero) is 1. The van der Waals surface area contributed by atoms with Crippen LogP contribution in [0.2, 0.25) is 0 Å². The monoisotopic (exact) mass is 369 g/mol. The van der Waals surface area contributed by atoms with Crippen molar-refractivity contribution in [3.63, 3.8) is 0 Å². The molecule has 3 nitrogen and oxygen atoms in total. The summed E-state index contributed by atoms with van der Waals surface area (Å²) in [7, 11) is 0. The largest absolute Gasteiger partial charge is 0.360 e. The van der Waals surface area contributed by atoms with E-state index in [0.717, 1.165) is 22.8 Å². The Morgan fingerprint density at radius 1 is 1.09 bits per heavy atom. The van der Waals surface area contributed by atoms with Crippen LogP contribution in [0.15, 0.2) is 64.0 Å². The fraction of sp³-hybridized carbons (Fsp3) is 0.158.